The molecule has 0 N–H and O–H groups in total. The fraction of sp³-hybridized carbons (Fsp3) is 0.833. The Hall–Kier alpha value is -0.820. The topological polar surface area (TPSA) is 63.2 Å². The lowest BCUT2D eigenvalue weighted by atomic mass is 9.65. The molecule has 146 valence electrons. The number of hydrogen-bond donors (Lipinski definition) is 0. The molecule has 0 unspecified atom stereocenters. The molecule has 2 rings (SSSR count). The van der Waals surface area contributed by atoms with Crippen molar-refractivity contribution >= 4 is 20.2 Å². The summed E-state index contributed by atoms with van der Waals surface area (Å²) < 4.78 is 29.6. The average molecular weight is 366 g/mol. The fourth-order valence-electron chi connectivity index (χ4n) is 2.76. The van der Waals surface area contributed by atoms with E-state index in [0.717, 1.165) is 0 Å². The Bertz CT molecular complexity index is 577. The predicted molar refractivity (Wildman–Crippen MR) is 101 cm³/mol. The highest BCUT2D eigenvalue weighted by molar-refractivity contribution is 6.67. The van der Waals surface area contributed by atoms with Gasteiger partial charge in [0.1, 0.15) is 0 Å². The summed E-state index contributed by atoms with van der Waals surface area (Å²) in [4.78, 5) is 12.7. The molecule has 8 heteroatoms. The van der Waals surface area contributed by atoms with Gasteiger partial charge in [0.05, 0.1) is 34.5 Å². The van der Waals surface area contributed by atoms with E-state index in [1.165, 1.54) is 0 Å². The number of esters is 1. The van der Waals surface area contributed by atoms with E-state index in [9.17, 15) is 4.79 Å². The quantitative estimate of drug-likeness (QED) is 0.433. The Kier molecular flexibility index (Phi) is 5.50. The van der Waals surface area contributed by atoms with Crippen LogP contribution >= 0.6 is 0 Å². The largest absolute Gasteiger partial charge is 0.501 e. The summed E-state index contributed by atoms with van der Waals surface area (Å²) in [5, 5.41) is 0. The van der Waals surface area contributed by atoms with Crippen LogP contribution in [-0.2, 0) is 28.1 Å². The molecule has 2 saturated heterocycles. The monoisotopic (exact) mass is 366 g/mol. The Balaban J connectivity index is 2.43. The number of rotatable bonds is 4. The highest BCUT2D eigenvalue weighted by atomic mass is 16.7. The van der Waals surface area contributed by atoms with Gasteiger partial charge in [0.25, 0.3) is 0 Å². The maximum atomic E-state index is 12.7. The zero-order chi connectivity index (χ0) is 20.1. The van der Waals surface area contributed by atoms with Crippen LogP contribution in [0, 0.1) is 0 Å². The number of hydrogen-bond acceptors (Lipinski definition) is 6. The lowest BCUT2D eigenvalue weighted by Gasteiger charge is -2.32. The van der Waals surface area contributed by atoms with Crippen LogP contribution in [0.5, 0.6) is 0 Å². The molecule has 0 amide bonds. The standard InChI is InChI=1S/C18H32B2O6/c1-11-22-14(21)13(20-25-17(7,8)18(9,10)26-20)12(2)19-23-15(3,4)16(5,6)24-19/h11H2,1-10H3/b13-12+. The van der Waals surface area contributed by atoms with Crippen molar-refractivity contribution in [1.29, 1.82) is 0 Å². The summed E-state index contributed by atoms with van der Waals surface area (Å²) in [5.74, 6) is -0.474. The molecule has 0 aromatic rings. The van der Waals surface area contributed by atoms with Gasteiger partial charge >= 0.3 is 20.2 Å². The molecule has 2 aliphatic rings. The van der Waals surface area contributed by atoms with Crippen molar-refractivity contribution in [3.8, 4) is 0 Å². The van der Waals surface area contributed by atoms with Gasteiger partial charge in [0, 0.05) is 0 Å². The minimum Gasteiger partial charge on any atom is -0.463 e. The number of carbonyl (C=O) groups is 1. The molecule has 0 spiro atoms. The van der Waals surface area contributed by atoms with Crippen LogP contribution in [0.25, 0.3) is 0 Å². The Labute approximate surface area is 158 Å². The summed E-state index contributed by atoms with van der Waals surface area (Å²) >= 11 is 0. The van der Waals surface area contributed by atoms with E-state index in [-0.39, 0.29) is 6.61 Å². The average Bonchev–Trinajstić information content (AvgIpc) is 2.78. The molecule has 2 aliphatic heterocycles. The third kappa shape index (κ3) is 3.61. The maximum Gasteiger partial charge on any atom is 0.501 e. The van der Waals surface area contributed by atoms with Crippen LogP contribution < -0.4 is 0 Å². The Morgan fingerprint density at radius 3 is 1.46 bits per heavy atom. The zero-order valence-corrected chi connectivity index (χ0v) is 17.8. The van der Waals surface area contributed by atoms with Gasteiger partial charge in [0.2, 0.25) is 0 Å². The lowest BCUT2D eigenvalue weighted by Crippen LogP contribution is -2.41. The minimum absolute atomic E-state index is 0.262. The van der Waals surface area contributed by atoms with Crippen LogP contribution in [0.2, 0.25) is 0 Å². The van der Waals surface area contributed by atoms with Gasteiger partial charge in [-0.05, 0) is 74.7 Å². The van der Waals surface area contributed by atoms with Crippen molar-refractivity contribution in [2.75, 3.05) is 6.61 Å². The van der Waals surface area contributed by atoms with Crippen molar-refractivity contribution in [2.45, 2.75) is 91.6 Å². The summed E-state index contributed by atoms with van der Waals surface area (Å²) in [6.07, 6.45) is 0. The van der Waals surface area contributed by atoms with E-state index in [2.05, 4.69) is 0 Å². The van der Waals surface area contributed by atoms with Crippen molar-refractivity contribution in [2.24, 2.45) is 0 Å². The van der Waals surface area contributed by atoms with Crippen LogP contribution in [0.3, 0.4) is 0 Å². The number of allylic oxidation sites excluding steroid dienone is 1. The second-order valence-electron chi connectivity index (χ2n) is 8.99. The van der Waals surface area contributed by atoms with Crippen molar-refractivity contribution < 1.29 is 28.1 Å². The highest BCUT2D eigenvalue weighted by Crippen LogP contribution is 2.42. The molecule has 0 aliphatic carbocycles. The number of carbonyl (C=O) groups excluding carboxylic acids is 1. The maximum absolute atomic E-state index is 12.7. The Morgan fingerprint density at radius 1 is 0.769 bits per heavy atom. The van der Waals surface area contributed by atoms with Crippen molar-refractivity contribution in [3.05, 3.63) is 10.9 Å². The lowest BCUT2D eigenvalue weighted by molar-refractivity contribution is -0.138. The van der Waals surface area contributed by atoms with Crippen LogP contribution in [-0.4, -0.2) is 49.2 Å². The smallest absolute Gasteiger partial charge is 0.463 e. The molecule has 0 bridgehead atoms. The van der Waals surface area contributed by atoms with E-state index in [1.807, 2.05) is 55.4 Å². The van der Waals surface area contributed by atoms with Crippen LogP contribution in [0.4, 0.5) is 0 Å². The van der Waals surface area contributed by atoms with Gasteiger partial charge in [-0.1, -0.05) is 0 Å². The van der Waals surface area contributed by atoms with E-state index in [4.69, 9.17) is 23.4 Å². The SMILES string of the molecule is CCOC(=O)/C(B1OC(C)(C)C(C)(C)O1)=C(/C)B1OC(C)(C)C(C)(C)O1. The second kappa shape index (κ2) is 6.66. The van der Waals surface area contributed by atoms with Gasteiger partial charge in [0.15, 0.2) is 0 Å². The third-order valence-electron chi connectivity index (χ3n) is 6.02. The molecule has 2 fully saturated rings. The van der Waals surface area contributed by atoms with Crippen molar-refractivity contribution in [1.82, 2.24) is 0 Å². The third-order valence-corrected chi connectivity index (χ3v) is 6.02. The first-order chi connectivity index (χ1) is 11.7. The molecule has 26 heavy (non-hydrogen) atoms. The summed E-state index contributed by atoms with van der Waals surface area (Å²) in [5.41, 5.74) is -1.22. The fourth-order valence-corrected chi connectivity index (χ4v) is 2.76. The molecule has 2 heterocycles. The van der Waals surface area contributed by atoms with Gasteiger partial charge in [-0.2, -0.15) is 0 Å². The minimum atomic E-state index is -0.835. The van der Waals surface area contributed by atoms with E-state index >= 15 is 0 Å². The van der Waals surface area contributed by atoms with E-state index < -0.39 is 42.6 Å². The van der Waals surface area contributed by atoms with Gasteiger partial charge in [-0.25, -0.2) is 4.79 Å². The summed E-state index contributed by atoms with van der Waals surface area (Å²) in [6, 6.07) is 0. The summed E-state index contributed by atoms with van der Waals surface area (Å²) in [6.45, 7) is 19.5. The molecular weight excluding hydrogens is 334 g/mol. The molecule has 0 atom stereocenters. The van der Waals surface area contributed by atoms with E-state index in [1.54, 1.807) is 13.8 Å². The first-order valence-corrected chi connectivity index (χ1v) is 9.24. The first kappa shape index (κ1) is 21.5. The molecular formula is C18H32B2O6. The zero-order valence-electron chi connectivity index (χ0n) is 17.8. The van der Waals surface area contributed by atoms with Crippen molar-refractivity contribution in [3.63, 3.8) is 0 Å². The molecule has 6 nitrogen and oxygen atoms in total. The molecule has 0 aromatic heterocycles. The van der Waals surface area contributed by atoms with Gasteiger partial charge in [-0.15, -0.1) is 0 Å². The molecule has 0 radical (unpaired) electrons. The highest BCUT2D eigenvalue weighted by Gasteiger charge is 2.57. The van der Waals surface area contributed by atoms with Gasteiger partial charge < -0.3 is 23.4 Å². The summed E-state index contributed by atoms with van der Waals surface area (Å²) in [7, 11) is -1.50. The number of ether oxygens (including phenoxy) is 1. The molecule has 0 saturated carbocycles. The Morgan fingerprint density at radius 2 is 1.12 bits per heavy atom. The molecule has 0 aromatic carbocycles. The second-order valence-corrected chi connectivity index (χ2v) is 8.99. The van der Waals surface area contributed by atoms with E-state index in [0.29, 0.717) is 10.9 Å². The normalized spacial score (nSPS) is 26.7. The van der Waals surface area contributed by atoms with Crippen LogP contribution in [0.1, 0.15) is 69.2 Å². The van der Waals surface area contributed by atoms with Crippen LogP contribution in [0.15, 0.2) is 10.9 Å². The first-order valence-electron chi connectivity index (χ1n) is 9.24. The van der Waals surface area contributed by atoms with Gasteiger partial charge in [-0.3, -0.25) is 0 Å². The predicted octanol–water partition coefficient (Wildman–Crippen LogP) is 3.13.